The maximum Gasteiger partial charge on any atom is 0.204 e. The SMILES string of the molecule is CC.CCCCC.COc1c(Oc2ccc(C)cc2)cc(C)cc1Oc1ccc(C)cc1. The van der Waals surface area contributed by atoms with Crippen LogP contribution in [-0.2, 0) is 0 Å². The van der Waals surface area contributed by atoms with Crippen LogP contribution >= 0.6 is 0 Å². The van der Waals surface area contributed by atoms with Crippen molar-refractivity contribution in [3.63, 3.8) is 0 Å². The zero-order valence-corrected chi connectivity index (χ0v) is 21.1. The minimum atomic E-state index is 0.576. The normalized spacial score (nSPS) is 9.62. The van der Waals surface area contributed by atoms with Crippen LogP contribution in [0.4, 0.5) is 0 Å². The lowest BCUT2D eigenvalue weighted by Gasteiger charge is -2.16. The molecule has 3 rings (SSSR count). The monoisotopic (exact) mass is 436 g/mol. The van der Waals surface area contributed by atoms with E-state index in [1.54, 1.807) is 7.11 Å². The van der Waals surface area contributed by atoms with Crippen LogP contribution in [0.15, 0.2) is 60.7 Å². The highest BCUT2D eigenvalue weighted by Crippen LogP contribution is 2.42. The van der Waals surface area contributed by atoms with Crippen LogP contribution < -0.4 is 14.2 Å². The second kappa shape index (κ2) is 15.0. The number of hydrogen-bond donors (Lipinski definition) is 0. The quantitative estimate of drug-likeness (QED) is 0.369. The molecule has 0 amide bonds. The summed E-state index contributed by atoms with van der Waals surface area (Å²) < 4.78 is 17.6. The number of rotatable bonds is 7. The average molecular weight is 437 g/mol. The highest BCUT2D eigenvalue weighted by Gasteiger charge is 2.15. The Bertz CT molecular complexity index is 826. The molecule has 174 valence electrons. The molecular formula is C29H40O3. The van der Waals surface area contributed by atoms with Crippen LogP contribution in [0.25, 0.3) is 0 Å². The van der Waals surface area contributed by atoms with Gasteiger partial charge in [0.25, 0.3) is 0 Å². The van der Waals surface area contributed by atoms with E-state index < -0.39 is 0 Å². The molecule has 0 heterocycles. The van der Waals surface area contributed by atoms with Crippen molar-refractivity contribution >= 4 is 0 Å². The van der Waals surface area contributed by atoms with Crippen LogP contribution in [0.5, 0.6) is 28.7 Å². The summed E-state index contributed by atoms with van der Waals surface area (Å²) in [5.74, 6) is 3.36. The molecule has 0 unspecified atom stereocenters. The fourth-order valence-corrected chi connectivity index (χ4v) is 2.88. The first kappa shape index (κ1) is 27.1. The third-order valence-corrected chi connectivity index (χ3v) is 4.57. The standard InChI is InChI=1S/C22H22O3.C5H12.C2H6/c1-15-5-9-18(10-6-15)24-20-13-17(3)14-21(22(20)23-4)25-19-11-7-16(2)8-12-19;1-3-5-4-2;1-2/h5-14H,1-4H3;3-5H2,1-2H3;1-2H3. The average Bonchev–Trinajstić information content (AvgIpc) is 2.79. The Kier molecular flexibility index (Phi) is 12.7. The molecule has 0 atom stereocenters. The summed E-state index contributed by atoms with van der Waals surface area (Å²) in [6.45, 7) is 14.5. The number of aryl methyl sites for hydroxylation is 3. The molecule has 3 nitrogen and oxygen atoms in total. The van der Waals surface area contributed by atoms with Gasteiger partial charge in [0.15, 0.2) is 11.5 Å². The van der Waals surface area contributed by atoms with Crippen molar-refractivity contribution in [1.29, 1.82) is 0 Å². The van der Waals surface area contributed by atoms with Gasteiger partial charge in [-0.05, 0) is 62.7 Å². The molecule has 0 aliphatic carbocycles. The minimum absolute atomic E-state index is 0.576. The zero-order valence-electron chi connectivity index (χ0n) is 21.1. The fourth-order valence-electron chi connectivity index (χ4n) is 2.88. The molecule has 0 fully saturated rings. The number of hydrogen-bond acceptors (Lipinski definition) is 3. The smallest absolute Gasteiger partial charge is 0.204 e. The summed E-state index contributed by atoms with van der Waals surface area (Å²) in [6, 6.07) is 19.7. The molecule has 0 spiro atoms. The summed E-state index contributed by atoms with van der Waals surface area (Å²) in [6.07, 6.45) is 4.08. The van der Waals surface area contributed by atoms with Gasteiger partial charge in [-0.3, -0.25) is 0 Å². The molecule has 0 bridgehead atoms. The van der Waals surface area contributed by atoms with E-state index in [0.717, 1.165) is 17.1 Å². The topological polar surface area (TPSA) is 27.7 Å². The lowest BCUT2D eigenvalue weighted by molar-refractivity contribution is 0.352. The van der Waals surface area contributed by atoms with Gasteiger partial charge in [-0.2, -0.15) is 0 Å². The van der Waals surface area contributed by atoms with E-state index in [4.69, 9.17) is 14.2 Å². The molecule has 0 radical (unpaired) electrons. The van der Waals surface area contributed by atoms with Gasteiger partial charge in [-0.1, -0.05) is 82.3 Å². The third-order valence-electron chi connectivity index (χ3n) is 4.57. The van der Waals surface area contributed by atoms with Crippen molar-refractivity contribution < 1.29 is 14.2 Å². The lowest BCUT2D eigenvalue weighted by atomic mass is 10.2. The summed E-state index contributed by atoms with van der Waals surface area (Å²) in [5.41, 5.74) is 3.41. The van der Waals surface area contributed by atoms with E-state index in [9.17, 15) is 0 Å². The summed E-state index contributed by atoms with van der Waals surface area (Å²) in [5, 5.41) is 0. The van der Waals surface area contributed by atoms with Gasteiger partial charge in [0.05, 0.1) is 7.11 Å². The van der Waals surface area contributed by atoms with Crippen molar-refractivity contribution in [3.8, 4) is 28.7 Å². The Labute approximate surface area is 195 Å². The van der Waals surface area contributed by atoms with E-state index in [1.807, 2.05) is 95.3 Å². The predicted octanol–water partition coefficient (Wildman–Crippen LogP) is 9.43. The maximum absolute atomic E-state index is 6.03. The molecule has 3 heteroatoms. The molecular weight excluding hydrogens is 396 g/mol. The lowest BCUT2D eigenvalue weighted by Crippen LogP contribution is -1.95. The molecule has 3 aromatic carbocycles. The van der Waals surface area contributed by atoms with Crippen LogP contribution in [0.1, 0.15) is 63.6 Å². The van der Waals surface area contributed by atoms with Gasteiger partial charge in [0, 0.05) is 0 Å². The van der Waals surface area contributed by atoms with Crippen LogP contribution in [0.2, 0.25) is 0 Å². The van der Waals surface area contributed by atoms with Crippen LogP contribution in [0.3, 0.4) is 0 Å². The Morgan fingerprint density at radius 2 is 0.969 bits per heavy atom. The highest BCUT2D eigenvalue weighted by atomic mass is 16.5. The third kappa shape index (κ3) is 9.05. The van der Waals surface area contributed by atoms with Gasteiger partial charge in [-0.25, -0.2) is 0 Å². The Balaban J connectivity index is 0.000000646. The van der Waals surface area contributed by atoms with Gasteiger partial charge in [-0.15, -0.1) is 0 Å². The number of methoxy groups -OCH3 is 1. The first-order valence-electron chi connectivity index (χ1n) is 11.6. The number of unbranched alkanes of at least 4 members (excludes halogenated alkanes) is 2. The number of benzene rings is 3. The van der Waals surface area contributed by atoms with Crippen molar-refractivity contribution in [2.45, 2.75) is 67.7 Å². The second-order valence-electron chi connectivity index (χ2n) is 7.48. The first-order valence-corrected chi connectivity index (χ1v) is 11.6. The Morgan fingerprint density at radius 1 is 0.594 bits per heavy atom. The van der Waals surface area contributed by atoms with Crippen molar-refractivity contribution in [1.82, 2.24) is 0 Å². The number of ether oxygens (including phenoxy) is 3. The zero-order chi connectivity index (χ0) is 23.9. The molecule has 3 aromatic rings. The summed E-state index contributed by atoms with van der Waals surface area (Å²) in [4.78, 5) is 0. The Morgan fingerprint density at radius 3 is 1.25 bits per heavy atom. The molecule has 0 aliphatic heterocycles. The molecule has 0 aromatic heterocycles. The second-order valence-corrected chi connectivity index (χ2v) is 7.48. The molecule has 0 saturated carbocycles. The van der Waals surface area contributed by atoms with Gasteiger partial charge in [0.1, 0.15) is 11.5 Å². The van der Waals surface area contributed by atoms with Crippen molar-refractivity contribution in [2.24, 2.45) is 0 Å². The molecule has 0 aliphatic rings. The predicted molar refractivity (Wildman–Crippen MR) is 137 cm³/mol. The highest BCUT2D eigenvalue weighted by molar-refractivity contribution is 5.56. The molecule has 32 heavy (non-hydrogen) atoms. The summed E-state index contributed by atoms with van der Waals surface area (Å²) in [7, 11) is 1.62. The van der Waals surface area contributed by atoms with E-state index in [0.29, 0.717) is 17.2 Å². The molecule has 0 N–H and O–H groups in total. The van der Waals surface area contributed by atoms with Crippen LogP contribution in [0, 0.1) is 20.8 Å². The van der Waals surface area contributed by atoms with E-state index >= 15 is 0 Å². The van der Waals surface area contributed by atoms with Crippen molar-refractivity contribution in [3.05, 3.63) is 77.4 Å². The van der Waals surface area contributed by atoms with Crippen LogP contribution in [-0.4, -0.2) is 7.11 Å². The van der Waals surface area contributed by atoms with E-state index in [2.05, 4.69) is 13.8 Å². The first-order chi connectivity index (χ1) is 15.5. The van der Waals surface area contributed by atoms with Gasteiger partial charge < -0.3 is 14.2 Å². The van der Waals surface area contributed by atoms with E-state index in [1.165, 1.54) is 30.4 Å². The largest absolute Gasteiger partial charge is 0.490 e. The van der Waals surface area contributed by atoms with Gasteiger partial charge in [0.2, 0.25) is 5.75 Å². The fraction of sp³-hybridized carbons (Fsp3) is 0.379. The van der Waals surface area contributed by atoms with Gasteiger partial charge >= 0.3 is 0 Å². The van der Waals surface area contributed by atoms with Crippen molar-refractivity contribution in [2.75, 3.05) is 7.11 Å². The minimum Gasteiger partial charge on any atom is -0.490 e. The molecule has 0 saturated heterocycles. The van der Waals surface area contributed by atoms with E-state index in [-0.39, 0.29) is 0 Å². The Hall–Kier alpha value is -2.94. The summed E-state index contributed by atoms with van der Waals surface area (Å²) >= 11 is 0. The maximum atomic E-state index is 6.03.